The van der Waals surface area contributed by atoms with Gasteiger partial charge in [-0.25, -0.2) is 9.97 Å². The van der Waals surface area contributed by atoms with E-state index in [2.05, 4.69) is 44.5 Å². The van der Waals surface area contributed by atoms with Crippen molar-refractivity contribution in [2.45, 2.75) is 26.5 Å². The first-order valence-corrected chi connectivity index (χ1v) is 8.62. The van der Waals surface area contributed by atoms with E-state index in [-0.39, 0.29) is 11.4 Å². The Hall–Kier alpha value is -1.69. The van der Waals surface area contributed by atoms with Gasteiger partial charge in [-0.2, -0.15) is 0 Å². The molecule has 1 aromatic heterocycles. The average molecular weight is 347 g/mol. The number of morpholine rings is 1. The second-order valence-electron chi connectivity index (χ2n) is 6.15. The lowest BCUT2D eigenvalue weighted by atomic mass is 10.2. The van der Waals surface area contributed by atoms with Gasteiger partial charge in [-0.3, -0.25) is 4.90 Å². The van der Waals surface area contributed by atoms with Crippen molar-refractivity contribution in [3.63, 3.8) is 0 Å². The third-order valence-electron chi connectivity index (χ3n) is 4.33. The first-order valence-electron chi connectivity index (χ1n) is 8.24. The van der Waals surface area contributed by atoms with Crippen molar-refractivity contribution >= 4 is 17.4 Å². The molecule has 1 aliphatic heterocycles. The quantitative estimate of drug-likeness (QED) is 0.843. The Morgan fingerprint density at radius 1 is 1.25 bits per heavy atom. The monoisotopic (exact) mass is 346 g/mol. The van der Waals surface area contributed by atoms with Gasteiger partial charge in [0.05, 0.1) is 12.7 Å². The number of hydrogen-bond acceptors (Lipinski definition) is 5. The molecule has 1 fully saturated rings. The molecule has 1 aliphatic rings. The fourth-order valence-corrected chi connectivity index (χ4v) is 3.08. The zero-order chi connectivity index (χ0) is 16.9. The van der Waals surface area contributed by atoms with Gasteiger partial charge in [0.1, 0.15) is 5.82 Å². The summed E-state index contributed by atoms with van der Waals surface area (Å²) in [6.45, 7) is 8.21. The van der Waals surface area contributed by atoms with E-state index in [1.54, 1.807) is 0 Å². The third-order valence-corrected chi connectivity index (χ3v) is 4.50. The van der Waals surface area contributed by atoms with Crippen molar-refractivity contribution in [1.82, 2.24) is 14.9 Å². The number of halogens is 1. The van der Waals surface area contributed by atoms with E-state index >= 15 is 0 Å². The molecule has 0 radical (unpaired) electrons. The Labute approximate surface area is 148 Å². The van der Waals surface area contributed by atoms with Gasteiger partial charge in [-0.15, -0.1) is 0 Å². The van der Waals surface area contributed by atoms with Crippen molar-refractivity contribution in [2.24, 2.45) is 0 Å². The second kappa shape index (κ2) is 7.92. The number of aryl methyl sites for hydroxylation is 1. The van der Waals surface area contributed by atoms with Gasteiger partial charge in [-0.05, 0) is 31.0 Å². The lowest BCUT2D eigenvalue weighted by Gasteiger charge is -2.33. The zero-order valence-corrected chi connectivity index (χ0v) is 14.9. The highest BCUT2D eigenvalue weighted by atomic mass is 35.5. The maximum absolute atomic E-state index is 5.96. The molecule has 6 heteroatoms. The standard InChI is InChI=1S/C18H23ClN4O/c1-13-14(2)21-18(19)22-17(13)20-10-16-12-23(8-9-24-16)11-15-6-4-3-5-7-15/h3-7,16H,8-12H2,1-2H3,(H,20,21,22). The first kappa shape index (κ1) is 17.1. The molecule has 1 unspecified atom stereocenters. The molecule has 2 aromatic rings. The summed E-state index contributed by atoms with van der Waals surface area (Å²) in [4.78, 5) is 10.9. The van der Waals surface area contributed by atoms with E-state index in [1.165, 1.54) is 5.56 Å². The topological polar surface area (TPSA) is 50.3 Å². The van der Waals surface area contributed by atoms with Crippen molar-refractivity contribution in [1.29, 1.82) is 0 Å². The van der Waals surface area contributed by atoms with Crippen LogP contribution in [0.3, 0.4) is 0 Å². The van der Waals surface area contributed by atoms with Gasteiger partial charge in [0.25, 0.3) is 0 Å². The second-order valence-corrected chi connectivity index (χ2v) is 6.48. The van der Waals surface area contributed by atoms with E-state index in [9.17, 15) is 0 Å². The lowest BCUT2D eigenvalue weighted by Crippen LogP contribution is -2.44. The molecular formula is C18H23ClN4O. The van der Waals surface area contributed by atoms with Crippen LogP contribution in [0.25, 0.3) is 0 Å². The van der Waals surface area contributed by atoms with Crippen LogP contribution in [0.5, 0.6) is 0 Å². The van der Waals surface area contributed by atoms with Crippen LogP contribution in [0.15, 0.2) is 30.3 Å². The molecular weight excluding hydrogens is 324 g/mol. The lowest BCUT2D eigenvalue weighted by molar-refractivity contribution is -0.0240. The molecule has 0 bridgehead atoms. The Kier molecular flexibility index (Phi) is 5.66. The fourth-order valence-electron chi connectivity index (χ4n) is 2.87. The van der Waals surface area contributed by atoms with Crippen molar-refractivity contribution < 1.29 is 4.74 Å². The zero-order valence-electron chi connectivity index (χ0n) is 14.1. The van der Waals surface area contributed by atoms with Gasteiger partial charge in [0.15, 0.2) is 0 Å². The molecule has 2 heterocycles. The maximum atomic E-state index is 5.96. The van der Waals surface area contributed by atoms with E-state index in [0.29, 0.717) is 6.54 Å². The normalized spacial score (nSPS) is 18.5. The maximum Gasteiger partial charge on any atom is 0.224 e. The number of rotatable bonds is 5. The number of hydrogen-bond donors (Lipinski definition) is 1. The molecule has 5 nitrogen and oxygen atoms in total. The molecule has 0 amide bonds. The smallest absolute Gasteiger partial charge is 0.224 e. The van der Waals surface area contributed by atoms with Crippen LogP contribution in [0.2, 0.25) is 5.28 Å². The van der Waals surface area contributed by atoms with Crippen LogP contribution in [0.1, 0.15) is 16.8 Å². The Morgan fingerprint density at radius 2 is 2.04 bits per heavy atom. The van der Waals surface area contributed by atoms with E-state index < -0.39 is 0 Å². The predicted octanol–water partition coefficient (Wildman–Crippen LogP) is 3.06. The number of ether oxygens (including phenoxy) is 1. The number of anilines is 1. The Bertz CT molecular complexity index is 680. The fraction of sp³-hybridized carbons (Fsp3) is 0.444. The third kappa shape index (κ3) is 4.44. The highest BCUT2D eigenvalue weighted by Gasteiger charge is 2.21. The van der Waals surface area contributed by atoms with Gasteiger partial charge >= 0.3 is 0 Å². The number of aromatic nitrogens is 2. The summed E-state index contributed by atoms with van der Waals surface area (Å²) in [6, 6.07) is 10.5. The van der Waals surface area contributed by atoms with Crippen LogP contribution in [-0.4, -0.2) is 47.2 Å². The highest BCUT2D eigenvalue weighted by Crippen LogP contribution is 2.18. The number of nitrogens with one attached hydrogen (secondary N) is 1. The van der Waals surface area contributed by atoms with Crippen molar-refractivity contribution in [3.8, 4) is 0 Å². The largest absolute Gasteiger partial charge is 0.374 e. The summed E-state index contributed by atoms with van der Waals surface area (Å²) < 4.78 is 5.89. The van der Waals surface area contributed by atoms with Gasteiger partial charge < -0.3 is 10.1 Å². The van der Waals surface area contributed by atoms with Crippen molar-refractivity contribution in [2.75, 3.05) is 31.6 Å². The predicted molar refractivity (Wildman–Crippen MR) is 96.5 cm³/mol. The minimum absolute atomic E-state index is 0.135. The number of nitrogens with zero attached hydrogens (tertiary/aromatic N) is 3. The Morgan fingerprint density at radius 3 is 2.83 bits per heavy atom. The molecule has 0 saturated carbocycles. The van der Waals surface area contributed by atoms with Crippen molar-refractivity contribution in [3.05, 3.63) is 52.4 Å². The molecule has 1 aromatic carbocycles. The molecule has 1 saturated heterocycles. The summed E-state index contributed by atoms with van der Waals surface area (Å²) in [5.74, 6) is 0.788. The van der Waals surface area contributed by atoms with Crippen LogP contribution >= 0.6 is 11.6 Å². The Balaban J connectivity index is 1.56. The summed E-state index contributed by atoms with van der Waals surface area (Å²) in [5.41, 5.74) is 3.25. The summed E-state index contributed by atoms with van der Waals surface area (Å²) >= 11 is 5.96. The summed E-state index contributed by atoms with van der Waals surface area (Å²) in [6.07, 6.45) is 0.135. The van der Waals surface area contributed by atoms with Gasteiger partial charge in [0.2, 0.25) is 5.28 Å². The molecule has 1 atom stereocenters. The highest BCUT2D eigenvalue weighted by molar-refractivity contribution is 6.28. The first-order chi connectivity index (χ1) is 11.6. The molecule has 24 heavy (non-hydrogen) atoms. The molecule has 0 spiro atoms. The minimum atomic E-state index is 0.135. The molecule has 3 rings (SSSR count). The molecule has 1 N–H and O–H groups in total. The SMILES string of the molecule is Cc1nc(Cl)nc(NCC2CN(Cc3ccccc3)CCO2)c1C. The van der Waals surface area contributed by atoms with Gasteiger partial charge in [-0.1, -0.05) is 30.3 Å². The molecule has 128 valence electrons. The summed E-state index contributed by atoms with van der Waals surface area (Å²) in [7, 11) is 0. The van der Waals surface area contributed by atoms with Gasteiger partial charge in [0, 0.05) is 37.4 Å². The number of benzene rings is 1. The summed E-state index contributed by atoms with van der Waals surface area (Å²) in [5, 5.41) is 3.64. The van der Waals surface area contributed by atoms with E-state index in [0.717, 1.165) is 43.3 Å². The minimum Gasteiger partial charge on any atom is -0.374 e. The van der Waals surface area contributed by atoms with E-state index in [4.69, 9.17) is 16.3 Å². The van der Waals surface area contributed by atoms with Crippen LogP contribution < -0.4 is 5.32 Å². The van der Waals surface area contributed by atoms with E-state index in [1.807, 2.05) is 19.9 Å². The average Bonchev–Trinajstić information content (AvgIpc) is 2.58. The van der Waals surface area contributed by atoms with Crippen LogP contribution in [0, 0.1) is 13.8 Å². The van der Waals surface area contributed by atoms with Crippen LogP contribution in [0.4, 0.5) is 5.82 Å². The van der Waals surface area contributed by atoms with Crippen LogP contribution in [-0.2, 0) is 11.3 Å². The molecule has 0 aliphatic carbocycles.